The lowest BCUT2D eigenvalue weighted by molar-refractivity contribution is -0.137. The number of halogens is 4. The third-order valence-electron chi connectivity index (χ3n) is 5.68. The number of amides is 1. The molecule has 3 heterocycles. The summed E-state index contributed by atoms with van der Waals surface area (Å²) in [5.41, 5.74) is 1.27. The number of imidazole rings is 1. The molecule has 0 saturated carbocycles. The molecule has 5 rings (SSSR count). The predicted molar refractivity (Wildman–Crippen MR) is 120 cm³/mol. The van der Waals surface area contributed by atoms with E-state index < -0.39 is 11.7 Å². The summed E-state index contributed by atoms with van der Waals surface area (Å²) < 4.78 is 52.3. The molecule has 176 valence electrons. The maximum Gasteiger partial charge on any atom is 0.416 e. The topological polar surface area (TPSA) is 73.9 Å². The second-order valence-electron chi connectivity index (χ2n) is 8.05. The van der Waals surface area contributed by atoms with Crippen LogP contribution in [0.1, 0.15) is 36.0 Å². The molecule has 0 spiro atoms. The summed E-state index contributed by atoms with van der Waals surface area (Å²) >= 11 is 1.22. The molecule has 2 N–H and O–H groups in total. The number of H-pyrrole nitrogens is 1. The molecule has 1 amide bonds. The predicted octanol–water partition coefficient (Wildman–Crippen LogP) is 5.83. The van der Waals surface area contributed by atoms with Gasteiger partial charge in [0.1, 0.15) is 11.6 Å². The number of carbonyl (C=O) groups is 1. The quantitative estimate of drug-likeness (QED) is 0.346. The number of rotatable bonds is 5. The Hall–Kier alpha value is -3.47. The smallest absolute Gasteiger partial charge is 0.340 e. The summed E-state index contributed by atoms with van der Waals surface area (Å²) in [5.74, 6) is 0.141. The van der Waals surface area contributed by atoms with Gasteiger partial charge in [0.15, 0.2) is 5.13 Å². The first-order chi connectivity index (χ1) is 16.3. The molecule has 0 aliphatic carbocycles. The van der Waals surface area contributed by atoms with E-state index in [2.05, 4.69) is 20.3 Å². The van der Waals surface area contributed by atoms with E-state index >= 15 is 0 Å². The van der Waals surface area contributed by atoms with Crippen LogP contribution < -0.4 is 5.32 Å². The molecule has 1 atom stereocenters. The van der Waals surface area contributed by atoms with Crippen molar-refractivity contribution in [1.82, 2.24) is 19.9 Å². The number of fused-ring (bicyclic) bond motifs is 1. The zero-order chi connectivity index (χ0) is 23.9. The van der Waals surface area contributed by atoms with Crippen LogP contribution in [0.25, 0.3) is 11.0 Å². The second-order valence-corrected chi connectivity index (χ2v) is 8.91. The number of hydrogen-bond donors (Lipinski definition) is 2. The third-order valence-corrected chi connectivity index (χ3v) is 6.48. The summed E-state index contributed by atoms with van der Waals surface area (Å²) in [7, 11) is 0. The Morgan fingerprint density at radius 2 is 2.06 bits per heavy atom. The number of benzene rings is 2. The summed E-state index contributed by atoms with van der Waals surface area (Å²) in [6, 6.07) is 8.95. The second kappa shape index (κ2) is 8.71. The number of aromatic nitrogens is 3. The van der Waals surface area contributed by atoms with Crippen LogP contribution in [0.15, 0.2) is 47.8 Å². The summed E-state index contributed by atoms with van der Waals surface area (Å²) in [4.78, 5) is 26.8. The van der Waals surface area contributed by atoms with Crippen molar-refractivity contribution in [1.29, 1.82) is 0 Å². The number of nitrogens with one attached hydrogen (secondary N) is 2. The Kier molecular flexibility index (Phi) is 5.72. The van der Waals surface area contributed by atoms with Crippen molar-refractivity contribution in [3.8, 4) is 0 Å². The minimum atomic E-state index is -4.43. The monoisotopic (exact) mass is 489 g/mol. The molecule has 1 unspecified atom stereocenters. The molecule has 2 aromatic carbocycles. The van der Waals surface area contributed by atoms with Gasteiger partial charge in [-0.05, 0) is 49.2 Å². The molecule has 1 aliphatic rings. The van der Waals surface area contributed by atoms with E-state index in [1.54, 1.807) is 16.3 Å². The van der Waals surface area contributed by atoms with Crippen molar-refractivity contribution in [3.05, 3.63) is 70.7 Å². The van der Waals surface area contributed by atoms with Crippen molar-refractivity contribution in [2.75, 3.05) is 11.9 Å². The Bertz CT molecular complexity index is 1350. The highest BCUT2D eigenvalue weighted by atomic mass is 32.1. The molecule has 0 radical (unpaired) electrons. The third kappa shape index (κ3) is 4.60. The molecular weight excluding hydrogens is 470 g/mol. The van der Waals surface area contributed by atoms with Crippen LogP contribution in [-0.4, -0.2) is 32.3 Å². The molecule has 1 aliphatic heterocycles. The minimum Gasteiger partial charge on any atom is -0.340 e. The largest absolute Gasteiger partial charge is 0.416 e. The van der Waals surface area contributed by atoms with Crippen molar-refractivity contribution in [2.24, 2.45) is 0 Å². The highest BCUT2D eigenvalue weighted by Crippen LogP contribution is 2.33. The van der Waals surface area contributed by atoms with E-state index in [9.17, 15) is 22.4 Å². The first-order valence-electron chi connectivity index (χ1n) is 10.6. The number of alkyl halides is 3. The molecular formula is C23H19F4N5OS. The number of likely N-dealkylation sites (tertiary alicyclic amines) is 1. The molecule has 1 fully saturated rings. The average molecular weight is 489 g/mol. The SMILES string of the molecule is O=C(Cc1csc(Nc2cccc(C(F)(F)F)c2)n1)N1CCCC1c1nc2ccc(F)cc2[nH]1. The van der Waals surface area contributed by atoms with Crippen LogP contribution in [0.4, 0.5) is 28.4 Å². The van der Waals surface area contributed by atoms with Crippen LogP contribution in [0.5, 0.6) is 0 Å². The van der Waals surface area contributed by atoms with E-state index in [1.165, 1.54) is 35.6 Å². The fourth-order valence-electron chi connectivity index (χ4n) is 4.11. The van der Waals surface area contributed by atoms with Crippen molar-refractivity contribution in [3.63, 3.8) is 0 Å². The molecule has 34 heavy (non-hydrogen) atoms. The average Bonchev–Trinajstić information content (AvgIpc) is 3.52. The van der Waals surface area contributed by atoms with Crippen molar-refractivity contribution < 1.29 is 22.4 Å². The van der Waals surface area contributed by atoms with Crippen molar-refractivity contribution in [2.45, 2.75) is 31.5 Å². The van der Waals surface area contributed by atoms with Crippen LogP contribution in [0.3, 0.4) is 0 Å². The summed E-state index contributed by atoms with van der Waals surface area (Å²) in [6.45, 7) is 0.578. The van der Waals surface area contributed by atoms with Gasteiger partial charge < -0.3 is 15.2 Å². The van der Waals surface area contributed by atoms with Crippen LogP contribution >= 0.6 is 11.3 Å². The van der Waals surface area contributed by atoms with Crippen LogP contribution in [0, 0.1) is 5.82 Å². The fourth-order valence-corrected chi connectivity index (χ4v) is 4.84. The highest BCUT2D eigenvalue weighted by Gasteiger charge is 2.33. The number of thiazole rings is 1. The van der Waals surface area contributed by atoms with E-state index in [0.29, 0.717) is 34.2 Å². The van der Waals surface area contributed by atoms with Gasteiger partial charge in [-0.25, -0.2) is 14.4 Å². The van der Waals surface area contributed by atoms with E-state index in [-0.39, 0.29) is 29.9 Å². The Morgan fingerprint density at radius 3 is 2.88 bits per heavy atom. The minimum absolute atomic E-state index is 0.0616. The van der Waals surface area contributed by atoms with Crippen LogP contribution in [-0.2, 0) is 17.4 Å². The zero-order valence-corrected chi connectivity index (χ0v) is 18.5. The van der Waals surface area contributed by atoms with Gasteiger partial charge in [0.25, 0.3) is 0 Å². The lowest BCUT2D eigenvalue weighted by atomic mass is 10.2. The number of anilines is 2. The Labute approximate surface area is 195 Å². The first kappa shape index (κ1) is 22.3. The van der Waals surface area contributed by atoms with Crippen LogP contribution in [0.2, 0.25) is 0 Å². The Balaban J connectivity index is 1.27. The van der Waals surface area contributed by atoms with Gasteiger partial charge >= 0.3 is 6.18 Å². The zero-order valence-electron chi connectivity index (χ0n) is 17.7. The van der Waals surface area contributed by atoms with Crippen molar-refractivity contribution >= 4 is 39.1 Å². The number of hydrogen-bond acceptors (Lipinski definition) is 5. The maximum absolute atomic E-state index is 13.5. The first-order valence-corrected chi connectivity index (χ1v) is 11.5. The summed E-state index contributed by atoms with van der Waals surface area (Å²) in [5, 5.41) is 4.98. The molecule has 4 aromatic rings. The lowest BCUT2D eigenvalue weighted by Gasteiger charge is -2.22. The van der Waals surface area contributed by atoms with Gasteiger partial charge in [-0.2, -0.15) is 13.2 Å². The van der Waals surface area contributed by atoms with Gasteiger partial charge in [0.05, 0.1) is 34.8 Å². The Morgan fingerprint density at radius 1 is 1.21 bits per heavy atom. The van der Waals surface area contributed by atoms with Gasteiger partial charge in [0.2, 0.25) is 5.91 Å². The van der Waals surface area contributed by atoms with Gasteiger partial charge in [-0.1, -0.05) is 6.07 Å². The summed E-state index contributed by atoms with van der Waals surface area (Å²) in [6.07, 6.45) is -2.81. The van der Waals surface area contributed by atoms with Gasteiger partial charge in [-0.3, -0.25) is 4.79 Å². The number of carbonyl (C=O) groups excluding carboxylic acids is 1. The van der Waals surface area contributed by atoms with E-state index in [0.717, 1.165) is 25.0 Å². The van der Waals surface area contributed by atoms with E-state index in [1.807, 2.05) is 0 Å². The molecule has 6 nitrogen and oxygen atoms in total. The molecule has 0 bridgehead atoms. The maximum atomic E-state index is 13.5. The molecule has 1 saturated heterocycles. The van der Waals surface area contributed by atoms with Gasteiger partial charge in [0, 0.05) is 17.6 Å². The van der Waals surface area contributed by atoms with E-state index in [4.69, 9.17) is 0 Å². The fraction of sp³-hybridized carbons (Fsp3) is 0.261. The molecule has 2 aromatic heterocycles. The molecule has 11 heteroatoms. The van der Waals surface area contributed by atoms with Gasteiger partial charge in [-0.15, -0.1) is 11.3 Å². The normalized spacial score (nSPS) is 16.4. The highest BCUT2D eigenvalue weighted by molar-refractivity contribution is 7.13. The number of nitrogens with zero attached hydrogens (tertiary/aromatic N) is 3. The lowest BCUT2D eigenvalue weighted by Crippen LogP contribution is -2.32. The standard InChI is InChI=1S/C23H19F4N5OS/c24-14-6-7-17-18(10-14)31-21(30-17)19-5-2-8-32(19)20(33)11-16-12-34-22(29-16)28-15-4-1-3-13(9-15)23(25,26)27/h1,3-4,6-7,9-10,12,19H,2,5,8,11H2,(H,28,29)(H,30,31). The number of aromatic amines is 1.